The van der Waals surface area contributed by atoms with Crippen LogP contribution in [0.2, 0.25) is 5.02 Å². The second-order valence-electron chi connectivity index (χ2n) is 3.21. The van der Waals surface area contributed by atoms with Crippen molar-refractivity contribution in [3.63, 3.8) is 0 Å². The van der Waals surface area contributed by atoms with E-state index < -0.39 is 0 Å². The van der Waals surface area contributed by atoms with Gasteiger partial charge in [0, 0.05) is 13.6 Å². The van der Waals surface area contributed by atoms with Crippen LogP contribution >= 0.6 is 11.6 Å². The molecule has 0 amide bonds. The molecule has 0 unspecified atom stereocenters. The van der Waals surface area contributed by atoms with Gasteiger partial charge >= 0.3 is 0 Å². The first-order valence-electron chi connectivity index (χ1n) is 3.85. The van der Waals surface area contributed by atoms with Crippen LogP contribution in [0.1, 0.15) is 11.4 Å². The quantitative estimate of drug-likeness (QED) is 0.699. The van der Waals surface area contributed by atoms with E-state index in [1.807, 2.05) is 32.7 Å². The van der Waals surface area contributed by atoms with Crippen molar-refractivity contribution in [1.29, 1.82) is 0 Å². The van der Waals surface area contributed by atoms with E-state index in [9.17, 15) is 0 Å². The Balaban J connectivity index is 2.97. The fraction of sp³-hybridized carbons (Fsp3) is 0.625. The van der Waals surface area contributed by atoms with Crippen LogP contribution in [0.15, 0.2) is 0 Å². The molecule has 1 rings (SSSR count). The van der Waals surface area contributed by atoms with Gasteiger partial charge in [-0.05, 0) is 21.0 Å². The Morgan fingerprint density at radius 1 is 1.50 bits per heavy atom. The molecule has 0 bridgehead atoms. The second kappa shape index (κ2) is 3.46. The van der Waals surface area contributed by atoms with Gasteiger partial charge < -0.3 is 4.90 Å². The molecule has 0 N–H and O–H groups in total. The van der Waals surface area contributed by atoms with Gasteiger partial charge in [-0.3, -0.25) is 4.68 Å². The number of hydrogen-bond donors (Lipinski definition) is 0. The van der Waals surface area contributed by atoms with E-state index in [4.69, 9.17) is 11.6 Å². The zero-order valence-electron chi connectivity index (χ0n) is 7.93. The molecule has 0 saturated heterocycles. The van der Waals surface area contributed by atoms with Crippen LogP contribution in [0, 0.1) is 6.92 Å². The Kier molecular flexibility index (Phi) is 2.75. The van der Waals surface area contributed by atoms with E-state index in [-0.39, 0.29) is 0 Å². The molecule has 68 valence electrons. The highest BCUT2D eigenvalue weighted by atomic mass is 35.5. The lowest BCUT2D eigenvalue weighted by Crippen LogP contribution is -2.14. The maximum atomic E-state index is 6.05. The van der Waals surface area contributed by atoms with Crippen LogP contribution in [-0.2, 0) is 13.6 Å². The maximum Gasteiger partial charge on any atom is 0.0860 e. The van der Waals surface area contributed by atoms with Gasteiger partial charge in [0.1, 0.15) is 0 Å². The minimum absolute atomic E-state index is 0.784. The van der Waals surface area contributed by atoms with E-state index >= 15 is 0 Å². The van der Waals surface area contributed by atoms with Gasteiger partial charge in [0.25, 0.3) is 0 Å². The normalized spacial score (nSPS) is 11.2. The third-order valence-electron chi connectivity index (χ3n) is 1.73. The predicted octanol–water partition coefficient (Wildman–Crippen LogP) is 1.44. The highest BCUT2D eigenvalue weighted by molar-refractivity contribution is 6.31. The van der Waals surface area contributed by atoms with Crippen molar-refractivity contribution in [1.82, 2.24) is 14.7 Å². The third kappa shape index (κ3) is 1.79. The van der Waals surface area contributed by atoms with Crippen molar-refractivity contribution >= 4 is 11.6 Å². The summed E-state index contributed by atoms with van der Waals surface area (Å²) in [5.74, 6) is 0. The van der Waals surface area contributed by atoms with E-state index in [0.717, 1.165) is 23.0 Å². The smallest absolute Gasteiger partial charge is 0.0860 e. The first-order valence-corrected chi connectivity index (χ1v) is 4.23. The van der Waals surface area contributed by atoms with Crippen LogP contribution in [0.5, 0.6) is 0 Å². The molecule has 0 aliphatic rings. The van der Waals surface area contributed by atoms with Crippen LogP contribution in [0.25, 0.3) is 0 Å². The van der Waals surface area contributed by atoms with Gasteiger partial charge in [-0.25, -0.2) is 0 Å². The topological polar surface area (TPSA) is 21.1 Å². The second-order valence-corrected chi connectivity index (χ2v) is 3.59. The molecule has 1 aromatic rings. The lowest BCUT2D eigenvalue weighted by Gasteiger charge is -2.09. The van der Waals surface area contributed by atoms with Crippen molar-refractivity contribution < 1.29 is 0 Å². The van der Waals surface area contributed by atoms with Crippen LogP contribution in [0.3, 0.4) is 0 Å². The van der Waals surface area contributed by atoms with Crippen molar-refractivity contribution in [2.24, 2.45) is 7.05 Å². The summed E-state index contributed by atoms with van der Waals surface area (Å²) < 4.78 is 1.83. The highest BCUT2D eigenvalue weighted by Gasteiger charge is 2.10. The van der Waals surface area contributed by atoms with Crippen molar-refractivity contribution in [2.75, 3.05) is 14.1 Å². The molecule has 0 fully saturated rings. The number of rotatable bonds is 2. The predicted molar refractivity (Wildman–Crippen MR) is 50.3 cm³/mol. The minimum atomic E-state index is 0.784. The average Bonchev–Trinajstić information content (AvgIpc) is 2.16. The first kappa shape index (κ1) is 9.55. The molecular formula is C8H14ClN3. The molecule has 0 aliphatic heterocycles. The molecule has 0 aromatic carbocycles. The maximum absolute atomic E-state index is 6.05. The summed E-state index contributed by atoms with van der Waals surface area (Å²) in [7, 11) is 5.94. The number of halogens is 1. The number of aromatic nitrogens is 2. The minimum Gasteiger partial charge on any atom is -0.304 e. The molecule has 0 aliphatic carbocycles. The summed E-state index contributed by atoms with van der Waals surface area (Å²) in [6.45, 7) is 2.75. The Morgan fingerprint density at radius 3 is 2.42 bits per heavy atom. The van der Waals surface area contributed by atoms with E-state index in [2.05, 4.69) is 10.00 Å². The molecule has 4 heteroatoms. The van der Waals surface area contributed by atoms with Gasteiger partial charge in [0.15, 0.2) is 0 Å². The molecular weight excluding hydrogens is 174 g/mol. The molecule has 3 nitrogen and oxygen atoms in total. The summed E-state index contributed by atoms with van der Waals surface area (Å²) in [6, 6.07) is 0. The number of nitrogens with zero attached hydrogens (tertiary/aromatic N) is 3. The molecule has 0 atom stereocenters. The van der Waals surface area contributed by atoms with Gasteiger partial charge in [-0.1, -0.05) is 11.6 Å². The van der Waals surface area contributed by atoms with Gasteiger partial charge in [0.05, 0.1) is 16.4 Å². The van der Waals surface area contributed by atoms with Gasteiger partial charge in [-0.15, -0.1) is 0 Å². The SMILES string of the molecule is Cc1nn(C)c(CN(C)C)c1Cl. The van der Waals surface area contributed by atoms with E-state index in [1.165, 1.54) is 0 Å². The summed E-state index contributed by atoms with van der Waals surface area (Å²) >= 11 is 6.05. The monoisotopic (exact) mass is 187 g/mol. The van der Waals surface area contributed by atoms with Gasteiger partial charge in [0.2, 0.25) is 0 Å². The van der Waals surface area contributed by atoms with Crippen LogP contribution in [0.4, 0.5) is 0 Å². The summed E-state index contributed by atoms with van der Waals surface area (Å²) in [4.78, 5) is 2.07. The fourth-order valence-corrected chi connectivity index (χ4v) is 1.37. The lowest BCUT2D eigenvalue weighted by atomic mass is 10.3. The largest absolute Gasteiger partial charge is 0.304 e. The van der Waals surface area contributed by atoms with Gasteiger partial charge in [-0.2, -0.15) is 5.10 Å². The van der Waals surface area contributed by atoms with E-state index in [1.54, 1.807) is 0 Å². The van der Waals surface area contributed by atoms with Crippen LogP contribution < -0.4 is 0 Å². The number of aryl methyl sites for hydroxylation is 2. The Labute approximate surface area is 77.9 Å². The Morgan fingerprint density at radius 2 is 2.08 bits per heavy atom. The Hall–Kier alpha value is -0.540. The van der Waals surface area contributed by atoms with Crippen molar-refractivity contribution in [2.45, 2.75) is 13.5 Å². The lowest BCUT2D eigenvalue weighted by molar-refractivity contribution is 0.387. The standard InChI is InChI=1S/C8H14ClN3/c1-6-8(9)7(5-11(2)3)12(4)10-6/h5H2,1-4H3. The Bertz CT molecular complexity index is 278. The van der Waals surface area contributed by atoms with E-state index in [0.29, 0.717) is 0 Å². The zero-order valence-corrected chi connectivity index (χ0v) is 8.68. The fourth-order valence-electron chi connectivity index (χ4n) is 1.15. The number of hydrogen-bond acceptors (Lipinski definition) is 2. The highest BCUT2D eigenvalue weighted by Crippen LogP contribution is 2.19. The van der Waals surface area contributed by atoms with Crippen molar-refractivity contribution in [3.05, 3.63) is 16.4 Å². The first-order chi connectivity index (χ1) is 5.52. The summed E-state index contributed by atoms with van der Waals surface area (Å²) in [5.41, 5.74) is 1.97. The summed E-state index contributed by atoms with van der Waals surface area (Å²) in [6.07, 6.45) is 0. The molecule has 0 spiro atoms. The molecule has 1 heterocycles. The summed E-state index contributed by atoms with van der Waals surface area (Å²) in [5, 5.41) is 5.01. The van der Waals surface area contributed by atoms with Crippen LogP contribution in [-0.4, -0.2) is 28.8 Å². The molecule has 1 aromatic heterocycles. The third-order valence-corrected chi connectivity index (χ3v) is 2.22. The molecule has 0 saturated carbocycles. The average molecular weight is 188 g/mol. The van der Waals surface area contributed by atoms with Crippen molar-refractivity contribution in [3.8, 4) is 0 Å². The molecule has 0 radical (unpaired) electrons. The zero-order chi connectivity index (χ0) is 9.30. The molecule has 12 heavy (non-hydrogen) atoms.